The van der Waals surface area contributed by atoms with Crippen molar-refractivity contribution in [2.45, 2.75) is 44.6 Å². The van der Waals surface area contributed by atoms with Gasteiger partial charge in [-0.1, -0.05) is 43.4 Å². The van der Waals surface area contributed by atoms with E-state index in [-0.39, 0.29) is 6.04 Å². The summed E-state index contributed by atoms with van der Waals surface area (Å²) in [5.74, 6) is 6.33. The van der Waals surface area contributed by atoms with E-state index in [1.807, 2.05) is 18.3 Å². The van der Waals surface area contributed by atoms with Crippen LogP contribution in [-0.2, 0) is 0 Å². The molecule has 2 rings (SSSR count). The summed E-state index contributed by atoms with van der Waals surface area (Å²) in [6.45, 7) is 0. The molecule has 1 aliphatic carbocycles. The number of nitrogens with zero attached hydrogens (tertiary/aromatic N) is 1. The summed E-state index contributed by atoms with van der Waals surface area (Å²) < 4.78 is 0. The average Bonchev–Trinajstić information content (AvgIpc) is 2.62. The van der Waals surface area contributed by atoms with E-state index < -0.39 is 0 Å². The Kier molecular flexibility index (Phi) is 4.77. The fraction of sp³-hybridized carbons (Fsp3) is 0.615. The minimum absolute atomic E-state index is 0.206. The van der Waals surface area contributed by atoms with E-state index in [0.29, 0.717) is 11.1 Å². The zero-order valence-electron chi connectivity index (χ0n) is 10.0. The van der Waals surface area contributed by atoms with E-state index in [0.717, 1.165) is 5.56 Å². The molecule has 4 heteroatoms. The Hall–Kier alpha value is -0.640. The molecule has 0 spiro atoms. The highest BCUT2D eigenvalue weighted by Crippen LogP contribution is 2.32. The number of halogens is 1. The van der Waals surface area contributed by atoms with Gasteiger partial charge in [-0.25, -0.2) is 4.98 Å². The Morgan fingerprint density at radius 3 is 2.47 bits per heavy atom. The van der Waals surface area contributed by atoms with Crippen molar-refractivity contribution >= 4 is 11.6 Å². The first-order valence-electron chi connectivity index (χ1n) is 6.39. The molecule has 1 aliphatic rings. The van der Waals surface area contributed by atoms with E-state index in [9.17, 15) is 0 Å². The van der Waals surface area contributed by atoms with Crippen LogP contribution in [0, 0.1) is 5.92 Å². The third-order valence-corrected chi connectivity index (χ3v) is 3.88. The second kappa shape index (κ2) is 6.34. The highest BCUT2D eigenvalue weighted by molar-refractivity contribution is 6.29. The maximum absolute atomic E-state index is 5.81. The van der Waals surface area contributed by atoms with Crippen LogP contribution in [0.2, 0.25) is 5.15 Å². The molecule has 0 aromatic carbocycles. The highest BCUT2D eigenvalue weighted by atomic mass is 35.5. The first-order chi connectivity index (χ1) is 8.31. The normalized spacial score (nSPS) is 19.9. The van der Waals surface area contributed by atoms with E-state index in [1.54, 1.807) is 0 Å². The maximum atomic E-state index is 5.81. The van der Waals surface area contributed by atoms with Crippen LogP contribution in [0.5, 0.6) is 0 Å². The number of nitrogens with one attached hydrogen (secondary N) is 1. The molecule has 17 heavy (non-hydrogen) atoms. The van der Waals surface area contributed by atoms with Crippen molar-refractivity contribution in [1.82, 2.24) is 10.4 Å². The SMILES string of the molecule is NNC(c1ccc(Cl)nc1)C1CCCCCC1. The number of hydrogen-bond acceptors (Lipinski definition) is 3. The molecule has 1 heterocycles. The van der Waals surface area contributed by atoms with Gasteiger partial charge in [0.2, 0.25) is 0 Å². The minimum Gasteiger partial charge on any atom is -0.271 e. The topological polar surface area (TPSA) is 50.9 Å². The molecule has 0 bridgehead atoms. The fourth-order valence-corrected chi connectivity index (χ4v) is 2.83. The van der Waals surface area contributed by atoms with Crippen molar-refractivity contribution < 1.29 is 0 Å². The molecular formula is C13H20ClN3. The van der Waals surface area contributed by atoms with Crippen molar-refractivity contribution in [3.63, 3.8) is 0 Å². The van der Waals surface area contributed by atoms with Crippen LogP contribution in [0.1, 0.15) is 50.1 Å². The Morgan fingerprint density at radius 2 is 1.94 bits per heavy atom. The number of aromatic nitrogens is 1. The summed E-state index contributed by atoms with van der Waals surface area (Å²) in [5.41, 5.74) is 4.09. The van der Waals surface area contributed by atoms with Gasteiger partial charge in [-0.15, -0.1) is 0 Å². The second-order valence-corrected chi connectivity index (χ2v) is 5.20. The average molecular weight is 254 g/mol. The van der Waals surface area contributed by atoms with E-state index in [2.05, 4.69) is 10.4 Å². The smallest absolute Gasteiger partial charge is 0.129 e. The van der Waals surface area contributed by atoms with Crippen molar-refractivity contribution in [2.75, 3.05) is 0 Å². The minimum atomic E-state index is 0.206. The predicted octanol–water partition coefficient (Wildman–Crippen LogP) is 3.21. The quantitative estimate of drug-likeness (QED) is 0.376. The van der Waals surface area contributed by atoms with Crippen LogP contribution in [0.4, 0.5) is 0 Å². The highest BCUT2D eigenvalue weighted by Gasteiger charge is 2.23. The lowest BCUT2D eigenvalue weighted by atomic mass is 9.88. The molecule has 1 saturated carbocycles. The molecule has 0 radical (unpaired) electrons. The molecule has 0 saturated heterocycles. The second-order valence-electron chi connectivity index (χ2n) is 4.81. The van der Waals surface area contributed by atoms with Gasteiger partial charge in [-0.2, -0.15) is 0 Å². The first-order valence-corrected chi connectivity index (χ1v) is 6.76. The number of nitrogens with two attached hydrogens (primary N) is 1. The number of hydrazine groups is 1. The predicted molar refractivity (Wildman–Crippen MR) is 70.5 cm³/mol. The van der Waals surface area contributed by atoms with Crippen LogP contribution in [0.15, 0.2) is 18.3 Å². The zero-order chi connectivity index (χ0) is 12.1. The van der Waals surface area contributed by atoms with Gasteiger partial charge in [0.25, 0.3) is 0 Å². The Morgan fingerprint density at radius 1 is 1.24 bits per heavy atom. The molecule has 1 atom stereocenters. The molecule has 1 unspecified atom stereocenters. The van der Waals surface area contributed by atoms with Crippen molar-refractivity contribution in [2.24, 2.45) is 11.8 Å². The van der Waals surface area contributed by atoms with Crippen LogP contribution in [0.3, 0.4) is 0 Å². The van der Waals surface area contributed by atoms with Crippen molar-refractivity contribution in [3.05, 3.63) is 29.0 Å². The number of pyridine rings is 1. The standard InChI is InChI=1S/C13H20ClN3/c14-12-8-7-11(9-16-12)13(17-15)10-5-3-1-2-4-6-10/h7-10,13,17H,1-6,15H2. The largest absolute Gasteiger partial charge is 0.271 e. The molecule has 1 fully saturated rings. The number of rotatable bonds is 3. The summed E-state index contributed by atoms with van der Waals surface area (Å²) in [4.78, 5) is 4.14. The van der Waals surface area contributed by atoms with Gasteiger partial charge in [0, 0.05) is 6.20 Å². The van der Waals surface area contributed by atoms with Gasteiger partial charge >= 0.3 is 0 Å². The summed E-state index contributed by atoms with van der Waals surface area (Å²) in [6, 6.07) is 4.06. The van der Waals surface area contributed by atoms with Crippen molar-refractivity contribution in [3.8, 4) is 0 Å². The monoisotopic (exact) mass is 253 g/mol. The lowest BCUT2D eigenvalue weighted by Gasteiger charge is -2.25. The van der Waals surface area contributed by atoms with Crippen LogP contribution in [-0.4, -0.2) is 4.98 Å². The van der Waals surface area contributed by atoms with Gasteiger partial charge < -0.3 is 0 Å². The third-order valence-electron chi connectivity index (χ3n) is 3.66. The van der Waals surface area contributed by atoms with Gasteiger partial charge in [-0.05, 0) is 30.4 Å². The Bertz CT molecular complexity index is 331. The van der Waals surface area contributed by atoms with Gasteiger partial charge in [0.1, 0.15) is 5.15 Å². The van der Waals surface area contributed by atoms with Gasteiger partial charge in [0.05, 0.1) is 6.04 Å². The third kappa shape index (κ3) is 3.41. The number of hydrogen-bond donors (Lipinski definition) is 2. The molecule has 0 amide bonds. The van der Waals surface area contributed by atoms with Crippen LogP contribution in [0.25, 0.3) is 0 Å². The first kappa shape index (κ1) is 12.8. The van der Waals surface area contributed by atoms with E-state index >= 15 is 0 Å². The molecular weight excluding hydrogens is 234 g/mol. The summed E-state index contributed by atoms with van der Waals surface area (Å²) in [6.07, 6.45) is 9.65. The van der Waals surface area contributed by atoms with Crippen LogP contribution < -0.4 is 11.3 Å². The molecule has 1 aromatic rings. The van der Waals surface area contributed by atoms with Gasteiger partial charge in [0.15, 0.2) is 0 Å². The molecule has 1 aromatic heterocycles. The van der Waals surface area contributed by atoms with Gasteiger partial charge in [-0.3, -0.25) is 11.3 Å². The van der Waals surface area contributed by atoms with E-state index in [4.69, 9.17) is 17.4 Å². The molecule has 94 valence electrons. The maximum Gasteiger partial charge on any atom is 0.129 e. The van der Waals surface area contributed by atoms with E-state index in [1.165, 1.54) is 38.5 Å². The molecule has 0 aliphatic heterocycles. The van der Waals surface area contributed by atoms with Crippen molar-refractivity contribution in [1.29, 1.82) is 0 Å². The summed E-state index contributed by atoms with van der Waals surface area (Å²) in [7, 11) is 0. The zero-order valence-corrected chi connectivity index (χ0v) is 10.8. The lowest BCUT2D eigenvalue weighted by molar-refractivity contribution is 0.328. The molecule has 3 N–H and O–H groups in total. The lowest BCUT2D eigenvalue weighted by Crippen LogP contribution is -2.33. The fourth-order valence-electron chi connectivity index (χ4n) is 2.72. The Balaban J connectivity index is 2.11. The summed E-state index contributed by atoms with van der Waals surface area (Å²) in [5, 5.41) is 0.533. The molecule has 3 nitrogen and oxygen atoms in total. The Labute approximate surface area is 108 Å². The van der Waals surface area contributed by atoms with Crippen LogP contribution >= 0.6 is 11.6 Å². The summed E-state index contributed by atoms with van der Waals surface area (Å²) >= 11 is 5.81.